The molecule has 0 aromatic carbocycles. The maximum absolute atomic E-state index is 5.52. The maximum Gasteiger partial charge on any atom is 0.208 e. The molecule has 2 rings (SSSR count). The lowest BCUT2D eigenvalue weighted by Gasteiger charge is -2.23. The molecule has 2 fully saturated rings. The van der Waals surface area contributed by atoms with Gasteiger partial charge in [0.15, 0.2) is 0 Å². The zero-order valence-corrected chi connectivity index (χ0v) is 10.3. The standard InChI is InChI=1S/C11H23N5/c1-15-6-5-9(7-15)8-16(2)11(14-12)13-10-3-4-10/h9-10H,3-8,12H2,1-2H3,(H,13,14). The second-order valence-electron chi connectivity index (χ2n) is 5.13. The van der Waals surface area contributed by atoms with Gasteiger partial charge >= 0.3 is 0 Å². The molecular formula is C11H23N5. The van der Waals surface area contributed by atoms with Gasteiger partial charge in [-0.3, -0.25) is 5.43 Å². The number of hydrogen-bond acceptors (Lipinski definition) is 3. The van der Waals surface area contributed by atoms with E-state index in [1.54, 1.807) is 0 Å². The average Bonchev–Trinajstić information content (AvgIpc) is 2.98. The number of nitrogens with two attached hydrogens (primary N) is 1. The van der Waals surface area contributed by atoms with Crippen LogP contribution in [0.25, 0.3) is 0 Å². The Labute approximate surface area is 97.7 Å². The molecule has 16 heavy (non-hydrogen) atoms. The van der Waals surface area contributed by atoms with Gasteiger partial charge in [0.05, 0.1) is 6.04 Å². The highest BCUT2D eigenvalue weighted by atomic mass is 15.4. The topological polar surface area (TPSA) is 56.9 Å². The summed E-state index contributed by atoms with van der Waals surface area (Å²) in [6, 6.07) is 0.514. The molecule has 0 amide bonds. The van der Waals surface area contributed by atoms with Gasteiger partial charge in [-0.15, -0.1) is 0 Å². The summed E-state index contributed by atoms with van der Waals surface area (Å²) in [5.74, 6) is 7.11. The van der Waals surface area contributed by atoms with E-state index in [1.807, 2.05) is 0 Å². The van der Waals surface area contributed by atoms with Crippen molar-refractivity contribution in [1.82, 2.24) is 15.2 Å². The summed E-state index contributed by atoms with van der Waals surface area (Å²) in [4.78, 5) is 9.10. The summed E-state index contributed by atoms with van der Waals surface area (Å²) in [5.41, 5.74) is 2.72. The van der Waals surface area contributed by atoms with Crippen LogP contribution in [0.3, 0.4) is 0 Å². The second kappa shape index (κ2) is 5.01. The van der Waals surface area contributed by atoms with Crippen molar-refractivity contribution >= 4 is 5.96 Å². The van der Waals surface area contributed by atoms with E-state index in [2.05, 4.69) is 34.3 Å². The molecule has 5 nitrogen and oxygen atoms in total. The highest BCUT2D eigenvalue weighted by Crippen LogP contribution is 2.23. The quantitative estimate of drug-likeness (QED) is 0.304. The summed E-state index contributed by atoms with van der Waals surface area (Å²) < 4.78 is 0. The average molecular weight is 225 g/mol. The highest BCUT2D eigenvalue weighted by molar-refractivity contribution is 5.79. The van der Waals surface area contributed by atoms with Crippen LogP contribution in [0.15, 0.2) is 4.99 Å². The first-order valence-electron chi connectivity index (χ1n) is 6.13. The van der Waals surface area contributed by atoms with Gasteiger partial charge in [-0.25, -0.2) is 10.8 Å². The first kappa shape index (κ1) is 11.7. The molecule has 5 heteroatoms. The number of hydrogen-bond donors (Lipinski definition) is 2. The molecular weight excluding hydrogens is 202 g/mol. The fraction of sp³-hybridized carbons (Fsp3) is 0.909. The summed E-state index contributed by atoms with van der Waals surface area (Å²) in [5, 5.41) is 0. The first-order valence-corrected chi connectivity index (χ1v) is 6.13. The van der Waals surface area contributed by atoms with Gasteiger partial charge in [0.1, 0.15) is 0 Å². The normalized spacial score (nSPS) is 27.2. The zero-order chi connectivity index (χ0) is 11.5. The Bertz CT molecular complexity index is 261. The molecule has 1 aliphatic carbocycles. The predicted octanol–water partition coefficient (Wildman–Crippen LogP) is -0.148. The Kier molecular flexibility index (Phi) is 3.66. The van der Waals surface area contributed by atoms with Gasteiger partial charge in [-0.05, 0) is 38.8 Å². The summed E-state index contributed by atoms with van der Waals surface area (Å²) >= 11 is 0. The van der Waals surface area contributed by atoms with Gasteiger partial charge in [0.2, 0.25) is 5.96 Å². The molecule has 1 saturated heterocycles. The van der Waals surface area contributed by atoms with E-state index in [-0.39, 0.29) is 0 Å². The van der Waals surface area contributed by atoms with Crippen molar-refractivity contribution in [2.45, 2.75) is 25.3 Å². The highest BCUT2D eigenvalue weighted by Gasteiger charge is 2.24. The van der Waals surface area contributed by atoms with E-state index in [4.69, 9.17) is 5.84 Å². The molecule has 0 bridgehead atoms. The third-order valence-corrected chi connectivity index (χ3v) is 3.36. The molecule has 1 atom stereocenters. The number of guanidine groups is 1. The van der Waals surface area contributed by atoms with Crippen molar-refractivity contribution < 1.29 is 0 Å². The maximum atomic E-state index is 5.52. The molecule has 0 radical (unpaired) electrons. The Hall–Kier alpha value is -0.810. The molecule has 1 saturated carbocycles. The van der Waals surface area contributed by atoms with Crippen molar-refractivity contribution in [3.8, 4) is 0 Å². The Morgan fingerprint density at radius 1 is 1.50 bits per heavy atom. The Morgan fingerprint density at radius 3 is 2.75 bits per heavy atom. The third kappa shape index (κ3) is 3.09. The minimum absolute atomic E-state index is 0.514. The van der Waals surface area contributed by atoms with Crippen molar-refractivity contribution in [3.05, 3.63) is 0 Å². The van der Waals surface area contributed by atoms with Crippen molar-refractivity contribution in [2.24, 2.45) is 16.8 Å². The molecule has 2 aliphatic rings. The Morgan fingerprint density at radius 2 is 2.25 bits per heavy atom. The van der Waals surface area contributed by atoms with Crippen LogP contribution in [0.5, 0.6) is 0 Å². The molecule has 92 valence electrons. The van der Waals surface area contributed by atoms with Gasteiger partial charge in [-0.2, -0.15) is 0 Å². The van der Waals surface area contributed by atoms with Gasteiger partial charge in [0, 0.05) is 20.1 Å². The van der Waals surface area contributed by atoms with Gasteiger partial charge < -0.3 is 9.80 Å². The third-order valence-electron chi connectivity index (χ3n) is 3.36. The number of aliphatic imine (C=N–C) groups is 1. The lowest BCUT2D eigenvalue weighted by Crippen LogP contribution is -2.45. The van der Waals surface area contributed by atoms with Crippen LogP contribution in [0.1, 0.15) is 19.3 Å². The van der Waals surface area contributed by atoms with Crippen molar-refractivity contribution in [3.63, 3.8) is 0 Å². The predicted molar refractivity (Wildman–Crippen MR) is 66.0 cm³/mol. The van der Waals surface area contributed by atoms with Crippen LogP contribution in [-0.4, -0.2) is 55.5 Å². The van der Waals surface area contributed by atoms with Crippen LogP contribution in [-0.2, 0) is 0 Å². The molecule has 1 aliphatic heterocycles. The molecule has 0 aromatic rings. The van der Waals surface area contributed by atoms with E-state index >= 15 is 0 Å². The van der Waals surface area contributed by atoms with Crippen molar-refractivity contribution in [2.75, 3.05) is 33.7 Å². The fourth-order valence-electron chi connectivity index (χ4n) is 2.27. The number of likely N-dealkylation sites (tertiary alicyclic amines) is 1. The lowest BCUT2D eigenvalue weighted by molar-refractivity contribution is 0.350. The van der Waals surface area contributed by atoms with E-state index < -0.39 is 0 Å². The largest absolute Gasteiger partial charge is 0.345 e. The molecule has 0 spiro atoms. The summed E-state index contributed by atoms with van der Waals surface area (Å²) in [7, 11) is 4.25. The first-order chi connectivity index (χ1) is 7.69. The lowest BCUT2D eigenvalue weighted by atomic mass is 10.1. The summed E-state index contributed by atoms with van der Waals surface area (Å²) in [6.45, 7) is 3.44. The fourth-order valence-corrected chi connectivity index (χ4v) is 2.27. The smallest absolute Gasteiger partial charge is 0.208 e. The Balaban J connectivity index is 1.83. The minimum Gasteiger partial charge on any atom is -0.345 e. The molecule has 1 unspecified atom stereocenters. The van der Waals surface area contributed by atoms with Crippen LogP contribution >= 0.6 is 0 Å². The number of nitrogens with zero attached hydrogens (tertiary/aromatic N) is 3. The van der Waals surface area contributed by atoms with E-state index in [1.165, 1.54) is 32.4 Å². The molecule has 1 heterocycles. The van der Waals surface area contributed by atoms with Gasteiger partial charge in [-0.1, -0.05) is 0 Å². The van der Waals surface area contributed by atoms with Crippen LogP contribution in [0, 0.1) is 5.92 Å². The van der Waals surface area contributed by atoms with Gasteiger partial charge in [0.25, 0.3) is 0 Å². The SMILES string of the molecule is CN1CCC(CN(C)C(=NC2CC2)NN)C1. The number of rotatable bonds is 3. The monoisotopic (exact) mass is 225 g/mol. The van der Waals surface area contributed by atoms with E-state index in [0.29, 0.717) is 6.04 Å². The van der Waals surface area contributed by atoms with Crippen LogP contribution in [0.2, 0.25) is 0 Å². The van der Waals surface area contributed by atoms with E-state index in [0.717, 1.165) is 18.4 Å². The van der Waals surface area contributed by atoms with Crippen LogP contribution < -0.4 is 11.3 Å². The second-order valence-corrected chi connectivity index (χ2v) is 5.13. The van der Waals surface area contributed by atoms with Crippen LogP contribution in [0.4, 0.5) is 0 Å². The minimum atomic E-state index is 0.514. The zero-order valence-electron chi connectivity index (χ0n) is 10.3. The molecule has 0 aromatic heterocycles. The van der Waals surface area contributed by atoms with Crippen molar-refractivity contribution in [1.29, 1.82) is 0 Å². The number of nitrogens with one attached hydrogen (secondary N) is 1. The summed E-state index contributed by atoms with van der Waals surface area (Å²) in [6.07, 6.45) is 3.71. The van der Waals surface area contributed by atoms with E-state index in [9.17, 15) is 0 Å². The molecule has 3 N–H and O–H groups in total. The number of hydrazine groups is 1.